The predicted molar refractivity (Wildman–Crippen MR) is 89.6 cm³/mol. The number of carbonyl (C=O) groups is 1. The number of aryl methyl sites for hydroxylation is 1. The van der Waals surface area contributed by atoms with Gasteiger partial charge in [-0.05, 0) is 31.9 Å². The van der Waals surface area contributed by atoms with Gasteiger partial charge in [-0.15, -0.1) is 11.8 Å². The van der Waals surface area contributed by atoms with E-state index >= 15 is 0 Å². The Bertz CT molecular complexity index is 413. The number of thioether (sulfide) groups is 2. The van der Waals surface area contributed by atoms with Crippen LogP contribution < -0.4 is 5.32 Å². The van der Waals surface area contributed by atoms with Crippen molar-refractivity contribution in [1.29, 1.82) is 0 Å². The third-order valence-electron chi connectivity index (χ3n) is 3.47. The first-order chi connectivity index (χ1) is 9.74. The third-order valence-corrected chi connectivity index (χ3v) is 5.87. The highest BCUT2D eigenvalue weighted by Crippen LogP contribution is 2.28. The summed E-state index contributed by atoms with van der Waals surface area (Å²) < 4.78 is 0. The SMILES string of the molecule is Cc1ccc(SCC(=O)NCCSC2CCCC2)cc1. The van der Waals surface area contributed by atoms with Crippen LogP contribution in [0.15, 0.2) is 29.2 Å². The molecule has 2 rings (SSSR count). The van der Waals surface area contributed by atoms with E-state index < -0.39 is 0 Å². The van der Waals surface area contributed by atoms with Crippen molar-refractivity contribution in [2.24, 2.45) is 0 Å². The van der Waals surface area contributed by atoms with Crippen molar-refractivity contribution in [2.45, 2.75) is 42.8 Å². The number of hydrogen-bond acceptors (Lipinski definition) is 3. The van der Waals surface area contributed by atoms with Crippen LogP contribution in [0, 0.1) is 6.92 Å². The Balaban J connectivity index is 1.54. The van der Waals surface area contributed by atoms with E-state index in [4.69, 9.17) is 0 Å². The van der Waals surface area contributed by atoms with Crippen molar-refractivity contribution in [3.8, 4) is 0 Å². The van der Waals surface area contributed by atoms with Gasteiger partial charge in [-0.3, -0.25) is 4.79 Å². The molecule has 0 radical (unpaired) electrons. The van der Waals surface area contributed by atoms with Crippen LogP contribution >= 0.6 is 23.5 Å². The zero-order chi connectivity index (χ0) is 14.2. The highest BCUT2D eigenvalue weighted by Gasteiger charge is 2.14. The van der Waals surface area contributed by atoms with Crippen LogP contribution in [0.4, 0.5) is 0 Å². The van der Waals surface area contributed by atoms with Crippen LogP contribution in [0.1, 0.15) is 31.2 Å². The molecule has 1 N–H and O–H groups in total. The molecule has 1 saturated carbocycles. The first-order valence-corrected chi connectivity index (χ1v) is 9.35. The molecule has 0 aromatic heterocycles. The summed E-state index contributed by atoms with van der Waals surface area (Å²) in [7, 11) is 0. The van der Waals surface area contributed by atoms with Crippen LogP contribution in [0.3, 0.4) is 0 Å². The molecule has 0 unspecified atom stereocenters. The van der Waals surface area contributed by atoms with Gasteiger partial charge in [-0.1, -0.05) is 30.5 Å². The van der Waals surface area contributed by atoms with Crippen LogP contribution in [0.5, 0.6) is 0 Å². The lowest BCUT2D eigenvalue weighted by Crippen LogP contribution is -2.27. The lowest BCUT2D eigenvalue weighted by atomic mass is 10.2. The molecule has 1 aromatic carbocycles. The van der Waals surface area contributed by atoms with Gasteiger partial charge < -0.3 is 5.32 Å². The van der Waals surface area contributed by atoms with E-state index in [2.05, 4.69) is 36.5 Å². The summed E-state index contributed by atoms with van der Waals surface area (Å²) in [5.74, 6) is 1.70. The smallest absolute Gasteiger partial charge is 0.230 e. The van der Waals surface area contributed by atoms with Crippen molar-refractivity contribution in [1.82, 2.24) is 5.32 Å². The minimum absolute atomic E-state index is 0.141. The molecule has 20 heavy (non-hydrogen) atoms. The van der Waals surface area contributed by atoms with Crippen molar-refractivity contribution < 1.29 is 4.79 Å². The first kappa shape index (κ1) is 15.8. The number of rotatable bonds is 7. The molecule has 4 heteroatoms. The third kappa shape index (κ3) is 5.80. The molecule has 0 aliphatic heterocycles. The molecule has 1 aliphatic carbocycles. The molecule has 110 valence electrons. The molecule has 1 aliphatic rings. The fourth-order valence-corrected chi connectivity index (χ4v) is 4.25. The van der Waals surface area contributed by atoms with Gasteiger partial charge in [0.05, 0.1) is 5.75 Å². The average Bonchev–Trinajstić information content (AvgIpc) is 2.96. The maximum absolute atomic E-state index is 11.7. The second kappa shape index (κ2) is 8.63. The molecule has 0 bridgehead atoms. The lowest BCUT2D eigenvalue weighted by Gasteiger charge is -2.09. The van der Waals surface area contributed by atoms with E-state index in [0.717, 1.165) is 22.4 Å². The Morgan fingerprint density at radius 2 is 1.95 bits per heavy atom. The summed E-state index contributed by atoms with van der Waals surface area (Å²) in [5, 5.41) is 3.85. The predicted octanol–water partition coefficient (Wildman–Crippen LogP) is 3.88. The molecule has 1 aromatic rings. The van der Waals surface area contributed by atoms with Crippen LogP contribution in [0.2, 0.25) is 0 Å². The largest absolute Gasteiger partial charge is 0.355 e. The maximum Gasteiger partial charge on any atom is 0.230 e. The van der Waals surface area contributed by atoms with Gasteiger partial charge in [0, 0.05) is 22.4 Å². The monoisotopic (exact) mass is 309 g/mol. The molecule has 0 spiro atoms. The number of carbonyl (C=O) groups excluding carboxylic acids is 1. The van der Waals surface area contributed by atoms with E-state index in [1.165, 1.54) is 31.2 Å². The van der Waals surface area contributed by atoms with Gasteiger partial charge in [0.25, 0.3) is 0 Å². The van der Waals surface area contributed by atoms with Crippen LogP contribution in [0.25, 0.3) is 0 Å². The Morgan fingerprint density at radius 3 is 2.65 bits per heavy atom. The summed E-state index contributed by atoms with van der Waals surface area (Å²) in [6.45, 7) is 2.87. The molecule has 0 saturated heterocycles. The van der Waals surface area contributed by atoms with Gasteiger partial charge in [0.2, 0.25) is 5.91 Å². The summed E-state index contributed by atoms with van der Waals surface area (Å²) in [4.78, 5) is 12.9. The molecule has 0 heterocycles. The summed E-state index contributed by atoms with van der Waals surface area (Å²) in [6, 6.07) is 8.31. The number of amides is 1. The van der Waals surface area contributed by atoms with Crippen molar-refractivity contribution in [3.05, 3.63) is 29.8 Å². The van der Waals surface area contributed by atoms with Gasteiger partial charge in [0.15, 0.2) is 0 Å². The van der Waals surface area contributed by atoms with E-state index in [-0.39, 0.29) is 5.91 Å². The van der Waals surface area contributed by atoms with Gasteiger partial charge in [0.1, 0.15) is 0 Å². The van der Waals surface area contributed by atoms with Gasteiger partial charge >= 0.3 is 0 Å². The lowest BCUT2D eigenvalue weighted by molar-refractivity contribution is -0.118. The summed E-state index contributed by atoms with van der Waals surface area (Å²) in [6.07, 6.45) is 5.50. The Hall–Kier alpha value is -0.610. The standard InChI is InChI=1S/C16H23NOS2/c1-13-6-8-15(9-7-13)20-12-16(18)17-10-11-19-14-4-2-3-5-14/h6-9,14H,2-5,10-12H2,1H3,(H,17,18). The Labute approximate surface area is 130 Å². The number of benzene rings is 1. The van der Waals surface area contributed by atoms with Crippen molar-refractivity contribution in [3.63, 3.8) is 0 Å². The van der Waals surface area contributed by atoms with E-state index in [9.17, 15) is 4.79 Å². The molecular weight excluding hydrogens is 286 g/mol. The quantitative estimate of drug-likeness (QED) is 0.612. The fraction of sp³-hybridized carbons (Fsp3) is 0.562. The molecular formula is C16H23NOS2. The van der Waals surface area contributed by atoms with Crippen molar-refractivity contribution in [2.75, 3.05) is 18.1 Å². The zero-order valence-corrected chi connectivity index (χ0v) is 13.7. The molecule has 1 fully saturated rings. The fourth-order valence-electron chi connectivity index (χ4n) is 2.31. The maximum atomic E-state index is 11.7. The second-order valence-electron chi connectivity index (χ2n) is 5.23. The van der Waals surface area contributed by atoms with Gasteiger partial charge in [-0.25, -0.2) is 0 Å². The summed E-state index contributed by atoms with van der Waals surface area (Å²) >= 11 is 3.62. The zero-order valence-electron chi connectivity index (χ0n) is 12.1. The van der Waals surface area contributed by atoms with Crippen LogP contribution in [-0.4, -0.2) is 29.2 Å². The Morgan fingerprint density at radius 1 is 1.25 bits per heavy atom. The minimum atomic E-state index is 0.141. The molecule has 2 nitrogen and oxygen atoms in total. The highest BCUT2D eigenvalue weighted by molar-refractivity contribution is 8.00. The van der Waals surface area contributed by atoms with Gasteiger partial charge in [-0.2, -0.15) is 11.8 Å². The molecule has 0 atom stereocenters. The summed E-state index contributed by atoms with van der Waals surface area (Å²) in [5.41, 5.74) is 1.25. The molecule has 1 amide bonds. The number of nitrogens with one attached hydrogen (secondary N) is 1. The first-order valence-electron chi connectivity index (χ1n) is 7.32. The van der Waals surface area contributed by atoms with Crippen molar-refractivity contribution >= 4 is 29.4 Å². The number of hydrogen-bond donors (Lipinski definition) is 1. The van der Waals surface area contributed by atoms with E-state index in [1.54, 1.807) is 11.8 Å². The average molecular weight is 310 g/mol. The van der Waals surface area contributed by atoms with Crippen LogP contribution in [-0.2, 0) is 4.79 Å². The Kier molecular flexibility index (Phi) is 6.80. The second-order valence-corrected chi connectivity index (χ2v) is 7.69. The minimum Gasteiger partial charge on any atom is -0.355 e. The highest BCUT2D eigenvalue weighted by atomic mass is 32.2. The van der Waals surface area contributed by atoms with E-state index in [0.29, 0.717) is 5.75 Å². The normalized spacial score (nSPS) is 15.4. The topological polar surface area (TPSA) is 29.1 Å². The van der Waals surface area contributed by atoms with E-state index in [1.807, 2.05) is 11.8 Å².